The number of carbonyl (C=O) groups excluding carboxylic acids is 1. The van der Waals surface area contributed by atoms with Gasteiger partial charge in [-0.25, -0.2) is 4.79 Å². The summed E-state index contributed by atoms with van der Waals surface area (Å²) in [5, 5.41) is 0.0856. The van der Waals surface area contributed by atoms with Crippen LogP contribution >= 0.6 is 0 Å². The zero-order valence-corrected chi connectivity index (χ0v) is 9.25. The van der Waals surface area contributed by atoms with Crippen LogP contribution in [0.1, 0.15) is 0 Å². The Morgan fingerprint density at radius 3 is 1.69 bits per heavy atom. The minimum atomic E-state index is -3.07. The molecule has 0 aliphatic carbocycles. The van der Waals surface area contributed by atoms with Gasteiger partial charge in [0.15, 0.2) is 0 Å². The maximum absolute atomic E-state index is 11.1. The number of rotatable bonds is 5. The molecule has 0 saturated heterocycles. The molecule has 0 radical (unpaired) electrons. The van der Waals surface area contributed by atoms with E-state index < -0.39 is 14.8 Å². The summed E-state index contributed by atoms with van der Waals surface area (Å²) >= 11 is 0. The zero-order valence-electron chi connectivity index (χ0n) is 8.25. The molecule has 0 fully saturated rings. The first-order valence-electron chi connectivity index (χ1n) is 3.51. The lowest BCUT2D eigenvalue weighted by Crippen LogP contribution is -2.47. The predicted molar refractivity (Wildman–Crippen MR) is 47.9 cm³/mol. The first-order chi connectivity index (χ1) is 6.07. The van der Waals surface area contributed by atoms with Gasteiger partial charge in [0.1, 0.15) is 5.20 Å². The number of esters is 1. The summed E-state index contributed by atoms with van der Waals surface area (Å²) in [6, 6.07) is 0. The summed E-state index contributed by atoms with van der Waals surface area (Å²) in [5.74, 6) is -0.586. The molecule has 6 heteroatoms. The Kier molecular flexibility index (Phi) is 4.85. The third-order valence-electron chi connectivity index (χ3n) is 1.61. The second-order valence-corrected chi connectivity index (χ2v) is 5.08. The normalized spacial score (nSPS) is 11.1. The van der Waals surface area contributed by atoms with Crippen LogP contribution in [0.4, 0.5) is 0 Å². The van der Waals surface area contributed by atoms with Crippen molar-refractivity contribution in [3.63, 3.8) is 0 Å². The summed E-state index contributed by atoms with van der Waals surface area (Å²) in [6.45, 7) is 3.52. The smallest absolute Gasteiger partial charge is 0.466 e. The van der Waals surface area contributed by atoms with E-state index >= 15 is 0 Å². The molecule has 0 aliphatic heterocycles. The first-order valence-corrected chi connectivity index (χ1v) is 5.23. The Morgan fingerprint density at radius 2 is 1.46 bits per heavy atom. The van der Waals surface area contributed by atoms with Gasteiger partial charge < -0.3 is 18.0 Å². The van der Waals surface area contributed by atoms with Gasteiger partial charge in [-0.05, 0) is 0 Å². The van der Waals surface area contributed by atoms with E-state index in [4.69, 9.17) is 13.3 Å². The summed E-state index contributed by atoms with van der Waals surface area (Å²) in [6.07, 6.45) is 0. The molecule has 0 amide bonds. The fourth-order valence-corrected chi connectivity index (χ4v) is 2.46. The van der Waals surface area contributed by atoms with Crippen LogP contribution < -0.4 is 0 Å². The van der Waals surface area contributed by atoms with Crippen LogP contribution in [0.3, 0.4) is 0 Å². The number of ether oxygens (including phenoxy) is 1. The Bertz CT molecular complexity index is 191. The van der Waals surface area contributed by atoms with Crippen LogP contribution in [-0.4, -0.2) is 43.2 Å². The lowest BCUT2D eigenvalue weighted by atomic mass is 10.6. The van der Waals surface area contributed by atoms with Crippen LogP contribution in [0.2, 0.25) is 0 Å². The largest absolute Gasteiger partial charge is 0.543 e. The number of hydrogen-bond donors (Lipinski definition) is 0. The minimum absolute atomic E-state index is 0.0856. The average Bonchev–Trinajstić information content (AvgIpc) is 2.20. The molecular weight excluding hydrogens is 192 g/mol. The van der Waals surface area contributed by atoms with E-state index in [1.807, 2.05) is 0 Å². The Morgan fingerprint density at radius 1 is 1.08 bits per heavy atom. The van der Waals surface area contributed by atoms with Crippen molar-refractivity contribution in [3.05, 3.63) is 11.8 Å². The summed E-state index contributed by atoms with van der Waals surface area (Å²) in [4.78, 5) is 11.1. The Balaban J connectivity index is 4.73. The highest BCUT2D eigenvalue weighted by atomic mass is 28.4. The predicted octanol–water partition coefficient (Wildman–Crippen LogP) is 0.133. The maximum atomic E-state index is 11.1. The molecule has 0 spiro atoms. The molecule has 5 nitrogen and oxygen atoms in total. The summed E-state index contributed by atoms with van der Waals surface area (Å²) in [7, 11) is 2.37. The molecule has 0 aliphatic rings. The fraction of sp³-hybridized carbons (Fsp3) is 0.571. The van der Waals surface area contributed by atoms with Gasteiger partial charge in [0.25, 0.3) is 0 Å². The van der Waals surface area contributed by atoms with Crippen LogP contribution in [-0.2, 0) is 22.8 Å². The van der Waals surface area contributed by atoms with Gasteiger partial charge in [-0.2, -0.15) is 0 Å². The number of hydrogen-bond acceptors (Lipinski definition) is 5. The second kappa shape index (κ2) is 5.13. The van der Waals surface area contributed by atoms with Gasteiger partial charge >= 0.3 is 14.8 Å². The highest BCUT2D eigenvalue weighted by Crippen LogP contribution is 2.16. The highest BCUT2D eigenvalue weighted by molar-refractivity contribution is 6.73. The monoisotopic (exact) mass is 206 g/mol. The van der Waals surface area contributed by atoms with Crippen molar-refractivity contribution in [3.8, 4) is 0 Å². The lowest BCUT2D eigenvalue weighted by molar-refractivity contribution is -0.135. The van der Waals surface area contributed by atoms with Crippen LogP contribution in [0.25, 0.3) is 0 Å². The van der Waals surface area contributed by atoms with E-state index in [0.29, 0.717) is 0 Å². The molecule has 0 aromatic heterocycles. The molecule has 0 bridgehead atoms. The van der Waals surface area contributed by atoms with Crippen molar-refractivity contribution in [2.45, 2.75) is 0 Å². The highest BCUT2D eigenvalue weighted by Gasteiger charge is 2.46. The van der Waals surface area contributed by atoms with Gasteiger partial charge in [-0.3, -0.25) is 0 Å². The van der Waals surface area contributed by atoms with E-state index in [-0.39, 0.29) is 5.20 Å². The van der Waals surface area contributed by atoms with Crippen molar-refractivity contribution in [1.82, 2.24) is 0 Å². The molecule has 0 atom stereocenters. The van der Waals surface area contributed by atoms with E-state index in [2.05, 4.69) is 11.3 Å². The van der Waals surface area contributed by atoms with E-state index in [0.717, 1.165) is 0 Å². The Labute approximate surface area is 78.6 Å². The summed E-state index contributed by atoms with van der Waals surface area (Å²) in [5.41, 5.74) is 0. The summed E-state index contributed by atoms with van der Waals surface area (Å²) < 4.78 is 19.5. The van der Waals surface area contributed by atoms with Gasteiger partial charge in [0.2, 0.25) is 0 Å². The molecule has 0 heterocycles. The molecule has 0 rings (SSSR count). The fourth-order valence-electron chi connectivity index (χ4n) is 0.868. The number of carbonyl (C=O) groups is 1. The Hall–Kier alpha value is -0.693. The number of methoxy groups -OCH3 is 1. The molecule has 0 aromatic carbocycles. The van der Waals surface area contributed by atoms with E-state index in [1.165, 1.54) is 28.4 Å². The van der Waals surface area contributed by atoms with Crippen molar-refractivity contribution >= 4 is 14.8 Å². The zero-order chi connectivity index (χ0) is 10.5. The molecule has 0 aromatic rings. The van der Waals surface area contributed by atoms with Crippen molar-refractivity contribution < 1.29 is 22.8 Å². The maximum Gasteiger partial charge on any atom is 0.543 e. The molecule has 0 unspecified atom stereocenters. The third kappa shape index (κ3) is 2.38. The van der Waals surface area contributed by atoms with Crippen LogP contribution in [0.15, 0.2) is 11.8 Å². The first kappa shape index (κ1) is 12.3. The van der Waals surface area contributed by atoms with Crippen molar-refractivity contribution in [2.24, 2.45) is 0 Å². The van der Waals surface area contributed by atoms with Crippen LogP contribution in [0.5, 0.6) is 0 Å². The third-order valence-corrected chi connectivity index (χ3v) is 4.16. The topological polar surface area (TPSA) is 54.0 Å². The quantitative estimate of drug-likeness (QED) is 0.363. The van der Waals surface area contributed by atoms with Crippen LogP contribution in [0, 0.1) is 0 Å². The molecule has 76 valence electrons. The molecule has 0 saturated carbocycles. The molecule has 0 N–H and O–H groups in total. The van der Waals surface area contributed by atoms with E-state index in [1.54, 1.807) is 0 Å². The molecule has 13 heavy (non-hydrogen) atoms. The van der Waals surface area contributed by atoms with Gasteiger partial charge in [-0.1, -0.05) is 6.58 Å². The lowest BCUT2D eigenvalue weighted by Gasteiger charge is -2.24. The average molecular weight is 206 g/mol. The second-order valence-electron chi connectivity index (χ2n) is 2.14. The van der Waals surface area contributed by atoms with Gasteiger partial charge in [0.05, 0.1) is 7.11 Å². The standard InChI is InChI=1S/C7H14O5Si/c1-6(7(8)9-2)13(10-3,11-4)12-5/h1H2,2-5H3. The van der Waals surface area contributed by atoms with E-state index in [9.17, 15) is 4.79 Å². The van der Waals surface area contributed by atoms with Crippen molar-refractivity contribution in [2.75, 3.05) is 28.4 Å². The minimum Gasteiger partial charge on any atom is -0.466 e. The van der Waals surface area contributed by atoms with Crippen molar-refractivity contribution in [1.29, 1.82) is 0 Å². The van der Waals surface area contributed by atoms with Gasteiger partial charge in [0, 0.05) is 21.3 Å². The SMILES string of the molecule is C=C(C(=O)OC)[Si](OC)(OC)OC. The molecular formula is C7H14O5Si. The van der Waals surface area contributed by atoms with Gasteiger partial charge in [-0.15, -0.1) is 0 Å².